The molecule has 1 atom stereocenters. The number of aromatic nitrogens is 1. The molecule has 1 aliphatic heterocycles. The number of hydrogen-bond acceptors (Lipinski definition) is 4. The van der Waals surface area contributed by atoms with Crippen molar-refractivity contribution >= 4 is 0 Å². The van der Waals surface area contributed by atoms with Gasteiger partial charge in [0.25, 0.3) is 0 Å². The van der Waals surface area contributed by atoms with Crippen molar-refractivity contribution in [2.24, 2.45) is 0 Å². The molecule has 0 radical (unpaired) electrons. The van der Waals surface area contributed by atoms with Gasteiger partial charge in [-0.1, -0.05) is 0 Å². The summed E-state index contributed by atoms with van der Waals surface area (Å²) in [6.07, 6.45) is 1.93. The standard InChI is InChI=1S/C15H25N3O/c1-12-7-13(2)17-14(8-12)9-18(3)11-15(19)5-4-6-16-10-15/h7-8,16,19H,4-6,9-11H2,1-3H3/t15-/m1/s1. The number of piperidine rings is 1. The second-order valence-corrected chi connectivity index (χ2v) is 5.95. The van der Waals surface area contributed by atoms with Crippen LogP contribution >= 0.6 is 0 Å². The summed E-state index contributed by atoms with van der Waals surface area (Å²) in [5, 5.41) is 13.8. The first-order valence-corrected chi connectivity index (χ1v) is 7.03. The smallest absolute Gasteiger partial charge is 0.0898 e. The monoisotopic (exact) mass is 263 g/mol. The molecule has 0 aromatic carbocycles. The Morgan fingerprint density at radius 1 is 1.42 bits per heavy atom. The predicted octanol–water partition coefficient (Wildman–Crippen LogP) is 1.24. The fourth-order valence-electron chi connectivity index (χ4n) is 2.93. The lowest BCUT2D eigenvalue weighted by molar-refractivity contribution is -0.0114. The lowest BCUT2D eigenvalue weighted by Gasteiger charge is -2.35. The van der Waals surface area contributed by atoms with Crippen molar-refractivity contribution in [3.8, 4) is 0 Å². The predicted molar refractivity (Wildman–Crippen MR) is 77.1 cm³/mol. The van der Waals surface area contributed by atoms with Crippen molar-refractivity contribution in [1.82, 2.24) is 15.2 Å². The molecule has 2 rings (SSSR count). The van der Waals surface area contributed by atoms with Crippen molar-refractivity contribution < 1.29 is 5.11 Å². The van der Waals surface area contributed by atoms with E-state index in [4.69, 9.17) is 0 Å². The lowest BCUT2D eigenvalue weighted by atomic mass is 9.93. The quantitative estimate of drug-likeness (QED) is 0.858. The normalized spacial score (nSPS) is 23.8. The largest absolute Gasteiger partial charge is 0.387 e. The van der Waals surface area contributed by atoms with Crippen LogP contribution in [0, 0.1) is 13.8 Å². The average Bonchev–Trinajstić information content (AvgIpc) is 2.27. The van der Waals surface area contributed by atoms with Crippen LogP contribution in [0.2, 0.25) is 0 Å². The van der Waals surface area contributed by atoms with Crippen LogP contribution in [0.4, 0.5) is 0 Å². The van der Waals surface area contributed by atoms with Crippen molar-refractivity contribution in [2.45, 2.75) is 38.8 Å². The average molecular weight is 263 g/mol. The highest BCUT2D eigenvalue weighted by Crippen LogP contribution is 2.18. The molecule has 0 amide bonds. The van der Waals surface area contributed by atoms with Crippen LogP contribution in [0.15, 0.2) is 12.1 Å². The number of likely N-dealkylation sites (N-methyl/N-ethyl adjacent to an activating group) is 1. The molecule has 1 saturated heterocycles. The molecule has 19 heavy (non-hydrogen) atoms. The van der Waals surface area contributed by atoms with Crippen LogP contribution in [0.5, 0.6) is 0 Å². The summed E-state index contributed by atoms with van der Waals surface area (Å²) in [6.45, 7) is 7.30. The summed E-state index contributed by atoms with van der Waals surface area (Å²) in [5.41, 5.74) is 2.79. The Morgan fingerprint density at radius 2 is 2.21 bits per heavy atom. The van der Waals surface area contributed by atoms with E-state index in [1.54, 1.807) is 0 Å². The van der Waals surface area contributed by atoms with E-state index < -0.39 is 5.60 Å². The maximum absolute atomic E-state index is 10.5. The number of pyridine rings is 1. The van der Waals surface area contributed by atoms with Gasteiger partial charge in [0.1, 0.15) is 0 Å². The van der Waals surface area contributed by atoms with Gasteiger partial charge < -0.3 is 10.4 Å². The molecule has 1 fully saturated rings. The first-order chi connectivity index (χ1) is 8.97. The Bertz CT molecular complexity index is 407. The van der Waals surface area contributed by atoms with Crippen molar-refractivity contribution in [3.05, 3.63) is 29.1 Å². The van der Waals surface area contributed by atoms with E-state index in [1.165, 1.54) is 5.56 Å². The summed E-state index contributed by atoms with van der Waals surface area (Å²) < 4.78 is 0. The van der Waals surface area contributed by atoms with Crippen molar-refractivity contribution in [2.75, 3.05) is 26.7 Å². The fourth-order valence-corrected chi connectivity index (χ4v) is 2.93. The lowest BCUT2D eigenvalue weighted by Crippen LogP contribution is -2.52. The first-order valence-electron chi connectivity index (χ1n) is 7.03. The minimum absolute atomic E-state index is 0.591. The van der Waals surface area contributed by atoms with E-state index in [9.17, 15) is 5.11 Å². The molecule has 2 N–H and O–H groups in total. The highest BCUT2D eigenvalue weighted by molar-refractivity contribution is 5.19. The van der Waals surface area contributed by atoms with Gasteiger partial charge in [0.05, 0.1) is 11.3 Å². The number of nitrogens with one attached hydrogen (secondary N) is 1. The first kappa shape index (κ1) is 14.4. The fraction of sp³-hybridized carbons (Fsp3) is 0.667. The minimum Gasteiger partial charge on any atom is -0.387 e. The molecule has 0 saturated carbocycles. The van der Waals surface area contributed by atoms with Crippen LogP contribution < -0.4 is 5.32 Å². The molecular formula is C15H25N3O. The number of aryl methyl sites for hydroxylation is 2. The van der Waals surface area contributed by atoms with Gasteiger partial charge in [-0.2, -0.15) is 0 Å². The Morgan fingerprint density at radius 3 is 2.84 bits per heavy atom. The van der Waals surface area contributed by atoms with Crippen LogP contribution in [0.1, 0.15) is 29.8 Å². The molecule has 0 aliphatic carbocycles. The van der Waals surface area contributed by atoms with E-state index in [2.05, 4.69) is 34.3 Å². The third-order valence-corrected chi connectivity index (χ3v) is 3.60. The molecule has 0 unspecified atom stereocenters. The summed E-state index contributed by atoms with van der Waals surface area (Å²) in [4.78, 5) is 6.71. The topological polar surface area (TPSA) is 48.4 Å². The molecule has 4 nitrogen and oxygen atoms in total. The third kappa shape index (κ3) is 4.27. The minimum atomic E-state index is -0.591. The zero-order valence-corrected chi connectivity index (χ0v) is 12.2. The molecule has 4 heteroatoms. The molecular weight excluding hydrogens is 238 g/mol. The number of aliphatic hydroxyl groups is 1. The summed E-state index contributed by atoms with van der Waals surface area (Å²) in [6, 6.07) is 4.20. The second-order valence-electron chi connectivity index (χ2n) is 5.95. The van der Waals surface area contributed by atoms with Gasteiger partial charge in [0.15, 0.2) is 0 Å². The molecule has 0 spiro atoms. The van der Waals surface area contributed by atoms with E-state index in [0.29, 0.717) is 13.1 Å². The summed E-state index contributed by atoms with van der Waals surface area (Å²) in [5.74, 6) is 0. The van der Waals surface area contributed by atoms with E-state index >= 15 is 0 Å². The summed E-state index contributed by atoms with van der Waals surface area (Å²) >= 11 is 0. The van der Waals surface area contributed by atoms with E-state index in [0.717, 1.165) is 37.3 Å². The zero-order chi connectivity index (χ0) is 13.9. The van der Waals surface area contributed by atoms with Crippen LogP contribution in [-0.2, 0) is 6.54 Å². The van der Waals surface area contributed by atoms with Gasteiger partial charge in [-0.25, -0.2) is 0 Å². The zero-order valence-electron chi connectivity index (χ0n) is 12.2. The number of nitrogens with zero attached hydrogens (tertiary/aromatic N) is 2. The number of hydrogen-bond donors (Lipinski definition) is 2. The van der Waals surface area contributed by atoms with Gasteiger partial charge in [-0.05, 0) is 58.0 Å². The van der Waals surface area contributed by atoms with Crippen molar-refractivity contribution in [3.63, 3.8) is 0 Å². The van der Waals surface area contributed by atoms with Crippen molar-refractivity contribution in [1.29, 1.82) is 0 Å². The van der Waals surface area contributed by atoms with Crippen LogP contribution in [0.25, 0.3) is 0 Å². The van der Waals surface area contributed by atoms with Crippen LogP contribution in [0.3, 0.4) is 0 Å². The van der Waals surface area contributed by atoms with Gasteiger partial charge in [-0.15, -0.1) is 0 Å². The van der Waals surface area contributed by atoms with E-state index in [1.807, 2.05) is 14.0 Å². The molecule has 1 aromatic heterocycles. The molecule has 2 heterocycles. The Balaban J connectivity index is 1.94. The van der Waals surface area contributed by atoms with Gasteiger partial charge in [0.2, 0.25) is 0 Å². The van der Waals surface area contributed by atoms with E-state index in [-0.39, 0.29) is 0 Å². The third-order valence-electron chi connectivity index (χ3n) is 3.60. The maximum atomic E-state index is 10.5. The molecule has 0 bridgehead atoms. The molecule has 106 valence electrons. The van der Waals surface area contributed by atoms with Gasteiger partial charge >= 0.3 is 0 Å². The van der Waals surface area contributed by atoms with Gasteiger partial charge in [0, 0.05) is 25.3 Å². The maximum Gasteiger partial charge on any atom is 0.0898 e. The SMILES string of the molecule is Cc1cc(C)nc(CN(C)C[C@@]2(O)CCCNC2)c1. The highest BCUT2D eigenvalue weighted by Gasteiger charge is 2.30. The Labute approximate surface area is 115 Å². The molecule has 1 aliphatic rings. The number of rotatable bonds is 4. The number of β-amino-alcohol motifs (C(OH)–C–C–N with tert-alkyl or cyclic N) is 1. The summed E-state index contributed by atoms with van der Waals surface area (Å²) in [7, 11) is 2.05. The molecule has 1 aromatic rings. The Hall–Kier alpha value is -0.970. The second kappa shape index (κ2) is 5.99. The van der Waals surface area contributed by atoms with Gasteiger partial charge in [-0.3, -0.25) is 9.88 Å². The Kier molecular flexibility index (Phi) is 4.55. The van der Waals surface area contributed by atoms with Crippen LogP contribution in [-0.4, -0.2) is 47.3 Å². The highest BCUT2D eigenvalue weighted by atomic mass is 16.3.